The highest BCUT2D eigenvalue weighted by molar-refractivity contribution is 9.10. The van der Waals surface area contributed by atoms with Gasteiger partial charge in [0.25, 0.3) is 10.0 Å². The van der Waals surface area contributed by atoms with E-state index in [4.69, 9.17) is 0 Å². The average Bonchev–Trinajstić information content (AvgIpc) is 2.32. The van der Waals surface area contributed by atoms with Crippen molar-refractivity contribution in [3.05, 3.63) is 57.5 Å². The minimum atomic E-state index is -3.57. The molecule has 0 amide bonds. The van der Waals surface area contributed by atoms with Crippen molar-refractivity contribution >= 4 is 47.6 Å². The lowest BCUT2D eigenvalue weighted by molar-refractivity contribution is 0.601. The highest BCUT2D eigenvalue weighted by Crippen LogP contribution is 2.24. The van der Waals surface area contributed by atoms with E-state index in [0.29, 0.717) is 10.2 Å². The molecule has 0 heterocycles. The van der Waals surface area contributed by atoms with Crippen LogP contribution in [0.15, 0.2) is 62.4 Å². The summed E-state index contributed by atoms with van der Waals surface area (Å²) in [6.07, 6.45) is 0. The third-order valence-electron chi connectivity index (χ3n) is 2.22. The standard InChI is InChI=1S/C12H9Br2NO2S/c13-9-5-7-10(8-6-9)15-18(16,17)12-4-2-1-3-11(12)14/h1-8,15H. The largest absolute Gasteiger partial charge is 0.280 e. The summed E-state index contributed by atoms with van der Waals surface area (Å²) in [6.45, 7) is 0. The van der Waals surface area contributed by atoms with E-state index in [2.05, 4.69) is 36.6 Å². The predicted octanol–water partition coefficient (Wildman–Crippen LogP) is 4.01. The molecule has 2 aromatic carbocycles. The van der Waals surface area contributed by atoms with Crippen molar-refractivity contribution in [2.75, 3.05) is 4.72 Å². The maximum Gasteiger partial charge on any atom is 0.263 e. The summed E-state index contributed by atoms with van der Waals surface area (Å²) in [7, 11) is -3.57. The second-order valence-electron chi connectivity index (χ2n) is 3.54. The molecule has 0 spiro atoms. The molecule has 0 aromatic heterocycles. The Morgan fingerprint density at radius 2 is 1.50 bits per heavy atom. The van der Waals surface area contributed by atoms with Crippen molar-refractivity contribution in [2.45, 2.75) is 4.90 Å². The highest BCUT2D eigenvalue weighted by atomic mass is 79.9. The van der Waals surface area contributed by atoms with Gasteiger partial charge in [-0.15, -0.1) is 0 Å². The first kappa shape index (κ1) is 13.6. The number of hydrogen-bond donors (Lipinski definition) is 1. The molecule has 1 N–H and O–H groups in total. The van der Waals surface area contributed by atoms with Gasteiger partial charge in [-0.3, -0.25) is 4.72 Å². The summed E-state index contributed by atoms with van der Waals surface area (Å²) >= 11 is 6.53. The maximum absolute atomic E-state index is 12.2. The fraction of sp³-hybridized carbons (Fsp3) is 0. The third-order valence-corrected chi connectivity index (χ3v) is 5.14. The van der Waals surface area contributed by atoms with Gasteiger partial charge in [-0.2, -0.15) is 0 Å². The van der Waals surface area contributed by atoms with Crippen molar-refractivity contribution < 1.29 is 8.42 Å². The van der Waals surface area contributed by atoms with Crippen LogP contribution in [0.4, 0.5) is 5.69 Å². The Kier molecular flexibility index (Phi) is 4.09. The summed E-state index contributed by atoms with van der Waals surface area (Å²) in [5, 5.41) is 0. The molecule has 0 radical (unpaired) electrons. The summed E-state index contributed by atoms with van der Waals surface area (Å²) in [4.78, 5) is 0.216. The summed E-state index contributed by atoms with van der Waals surface area (Å²) < 4.78 is 28.3. The molecular weight excluding hydrogens is 382 g/mol. The van der Waals surface area contributed by atoms with Gasteiger partial charge in [0.15, 0.2) is 0 Å². The monoisotopic (exact) mass is 389 g/mol. The average molecular weight is 391 g/mol. The van der Waals surface area contributed by atoms with Gasteiger partial charge in [0.05, 0.1) is 0 Å². The number of benzene rings is 2. The maximum atomic E-state index is 12.2. The SMILES string of the molecule is O=S(=O)(Nc1ccc(Br)cc1)c1ccccc1Br. The number of halogens is 2. The second kappa shape index (κ2) is 5.42. The van der Waals surface area contributed by atoms with E-state index >= 15 is 0 Å². The minimum absolute atomic E-state index is 0.216. The molecule has 0 saturated heterocycles. The molecule has 2 rings (SSSR count). The first-order chi connectivity index (χ1) is 8.49. The molecule has 2 aromatic rings. The summed E-state index contributed by atoms with van der Waals surface area (Å²) in [5.41, 5.74) is 0.522. The number of rotatable bonds is 3. The third kappa shape index (κ3) is 3.13. The van der Waals surface area contributed by atoms with Gasteiger partial charge in [-0.05, 0) is 52.3 Å². The first-order valence-electron chi connectivity index (χ1n) is 5.02. The Hall–Kier alpha value is -0.850. The van der Waals surface area contributed by atoms with E-state index in [0.717, 1.165) is 4.47 Å². The van der Waals surface area contributed by atoms with Crippen LogP contribution in [0.5, 0.6) is 0 Å². The fourth-order valence-corrected chi connectivity index (χ4v) is 3.72. The van der Waals surface area contributed by atoms with E-state index in [1.807, 2.05) is 0 Å². The lowest BCUT2D eigenvalue weighted by atomic mass is 10.3. The van der Waals surface area contributed by atoms with Crippen LogP contribution in [0, 0.1) is 0 Å². The molecular formula is C12H9Br2NO2S. The molecule has 0 aliphatic heterocycles. The van der Waals surface area contributed by atoms with E-state index in [1.54, 1.807) is 48.5 Å². The lowest BCUT2D eigenvalue weighted by Gasteiger charge is -2.09. The van der Waals surface area contributed by atoms with E-state index < -0.39 is 10.0 Å². The van der Waals surface area contributed by atoms with E-state index in [-0.39, 0.29) is 4.90 Å². The molecule has 0 atom stereocenters. The molecule has 94 valence electrons. The Morgan fingerprint density at radius 1 is 0.889 bits per heavy atom. The van der Waals surface area contributed by atoms with Gasteiger partial charge in [-0.1, -0.05) is 28.1 Å². The van der Waals surface area contributed by atoms with Crippen LogP contribution in [0.3, 0.4) is 0 Å². The van der Waals surface area contributed by atoms with Crippen molar-refractivity contribution in [3.8, 4) is 0 Å². The van der Waals surface area contributed by atoms with Crippen LogP contribution in [-0.2, 0) is 10.0 Å². The number of hydrogen-bond acceptors (Lipinski definition) is 2. The number of nitrogens with one attached hydrogen (secondary N) is 1. The Labute approximate surface area is 123 Å². The summed E-state index contributed by atoms with van der Waals surface area (Å²) in [5.74, 6) is 0. The van der Waals surface area contributed by atoms with Crippen molar-refractivity contribution in [3.63, 3.8) is 0 Å². The zero-order valence-corrected chi connectivity index (χ0v) is 13.1. The molecule has 3 nitrogen and oxygen atoms in total. The molecule has 0 unspecified atom stereocenters. The Bertz CT molecular complexity index is 654. The predicted molar refractivity (Wildman–Crippen MR) is 79.1 cm³/mol. The molecule has 0 bridgehead atoms. The van der Waals surface area contributed by atoms with Crippen LogP contribution in [0.25, 0.3) is 0 Å². The van der Waals surface area contributed by atoms with Gasteiger partial charge in [-0.25, -0.2) is 8.42 Å². The number of sulfonamides is 1. The van der Waals surface area contributed by atoms with Gasteiger partial charge in [0.2, 0.25) is 0 Å². The van der Waals surface area contributed by atoms with Crippen LogP contribution in [0.2, 0.25) is 0 Å². The zero-order valence-electron chi connectivity index (χ0n) is 9.10. The van der Waals surface area contributed by atoms with Crippen molar-refractivity contribution in [2.24, 2.45) is 0 Å². The highest BCUT2D eigenvalue weighted by Gasteiger charge is 2.16. The molecule has 0 saturated carbocycles. The van der Waals surface area contributed by atoms with Crippen LogP contribution in [-0.4, -0.2) is 8.42 Å². The van der Waals surface area contributed by atoms with E-state index in [9.17, 15) is 8.42 Å². The van der Waals surface area contributed by atoms with Gasteiger partial charge >= 0.3 is 0 Å². The van der Waals surface area contributed by atoms with E-state index in [1.165, 1.54) is 0 Å². The van der Waals surface area contributed by atoms with Crippen molar-refractivity contribution in [1.82, 2.24) is 0 Å². The van der Waals surface area contributed by atoms with Crippen LogP contribution >= 0.6 is 31.9 Å². The fourth-order valence-electron chi connectivity index (χ4n) is 1.39. The van der Waals surface area contributed by atoms with Gasteiger partial charge in [0, 0.05) is 14.6 Å². The van der Waals surface area contributed by atoms with Crippen LogP contribution < -0.4 is 4.72 Å². The molecule has 18 heavy (non-hydrogen) atoms. The first-order valence-corrected chi connectivity index (χ1v) is 8.09. The normalized spacial score (nSPS) is 11.2. The number of anilines is 1. The molecule has 0 aliphatic rings. The quantitative estimate of drug-likeness (QED) is 0.860. The molecule has 6 heteroatoms. The summed E-state index contributed by atoms with van der Waals surface area (Å²) in [6, 6.07) is 13.6. The topological polar surface area (TPSA) is 46.2 Å². The Balaban J connectivity index is 2.33. The Morgan fingerprint density at radius 3 is 2.11 bits per heavy atom. The van der Waals surface area contributed by atoms with Gasteiger partial charge < -0.3 is 0 Å². The smallest absolute Gasteiger partial charge is 0.263 e. The van der Waals surface area contributed by atoms with Crippen LogP contribution in [0.1, 0.15) is 0 Å². The lowest BCUT2D eigenvalue weighted by Crippen LogP contribution is -2.13. The molecule has 0 fully saturated rings. The second-order valence-corrected chi connectivity index (χ2v) is 6.96. The zero-order chi connectivity index (χ0) is 13.2. The molecule has 0 aliphatic carbocycles. The minimum Gasteiger partial charge on any atom is -0.280 e. The van der Waals surface area contributed by atoms with Crippen molar-refractivity contribution in [1.29, 1.82) is 0 Å². The van der Waals surface area contributed by atoms with Gasteiger partial charge in [0.1, 0.15) is 4.90 Å².